The van der Waals surface area contributed by atoms with Gasteiger partial charge in [-0.2, -0.15) is 0 Å². The second kappa shape index (κ2) is 14.9. The van der Waals surface area contributed by atoms with Gasteiger partial charge in [0.2, 0.25) is 5.91 Å². The van der Waals surface area contributed by atoms with E-state index in [1.807, 2.05) is 73.7 Å². The van der Waals surface area contributed by atoms with Crippen LogP contribution in [0.2, 0.25) is 10.0 Å². The number of nitrogens with one attached hydrogen (secondary N) is 2. The fraction of sp³-hybridized carbons (Fsp3) is 0.147. The molecule has 0 aliphatic heterocycles. The molecular formula is C34H31Cl3N4O3. The first-order valence-corrected chi connectivity index (χ1v) is 14.4. The Morgan fingerprint density at radius 3 is 2.43 bits per heavy atom. The third-order valence-corrected chi connectivity index (χ3v) is 7.77. The summed E-state index contributed by atoms with van der Waals surface area (Å²) in [5.41, 5.74) is 4.88. The highest BCUT2D eigenvalue weighted by atomic mass is 35.5. The number of hydrogen-bond acceptors (Lipinski definition) is 4. The second-order valence-corrected chi connectivity index (χ2v) is 10.8. The first kappa shape index (κ1) is 32.6. The van der Waals surface area contributed by atoms with E-state index in [1.165, 1.54) is 4.90 Å². The zero-order valence-electron chi connectivity index (χ0n) is 24.1. The quantitative estimate of drug-likeness (QED) is 0.168. The van der Waals surface area contributed by atoms with Gasteiger partial charge in [0.05, 0.1) is 17.1 Å². The lowest BCUT2D eigenvalue weighted by molar-refractivity contribution is -0.117. The molecule has 5 rings (SSSR count). The van der Waals surface area contributed by atoms with Gasteiger partial charge in [0, 0.05) is 40.9 Å². The zero-order chi connectivity index (χ0) is 30.3. The summed E-state index contributed by atoms with van der Waals surface area (Å²) in [5, 5.41) is 7.40. The Balaban J connectivity index is 0.00000442. The molecule has 0 aliphatic carbocycles. The van der Waals surface area contributed by atoms with Crippen molar-refractivity contribution in [3.63, 3.8) is 0 Å². The number of ether oxygens (including phenoxy) is 1. The topological polar surface area (TPSA) is 83.6 Å². The van der Waals surface area contributed by atoms with Gasteiger partial charge in [0.1, 0.15) is 17.9 Å². The van der Waals surface area contributed by atoms with Gasteiger partial charge in [-0.05, 0) is 48.4 Å². The molecule has 0 radical (unpaired) electrons. The molecule has 0 aliphatic rings. The Hall–Kier alpha value is -4.30. The van der Waals surface area contributed by atoms with Gasteiger partial charge in [-0.25, -0.2) is 9.78 Å². The average molecular weight is 650 g/mol. The van der Waals surface area contributed by atoms with Crippen LogP contribution in [0.15, 0.2) is 97.1 Å². The maximum atomic E-state index is 13.4. The number of para-hydroxylation sites is 2. The van der Waals surface area contributed by atoms with E-state index >= 15 is 0 Å². The highest BCUT2D eigenvalue weighted by molar-refractivity contribution is 6.38. The molecule has 0 atom stereocenters. The molecule has 2 N–H and O–H groups in total. The van der Waals surface area contributed by atoms with Crippen LogP contribution in [0.3, 0.4) is 0 Å². The van der Waals surface area contributed by atoms with Gasteiger partial charge in [0.15, 0.2) is 0 Å². The molecule has 1 heterocycles. The minimum Gasteiger partial charge on any atom is -0.487 e. The van der Waals surface area contributed by atoms with Crippen molar-refractivity contribution in [2.45, 2.75) is 26.5 Å². The molecular weight excluding hydrogens is 619 g/mol. The van der Waals surface area contributed by atoms with E-state index in [9.17, 15) is 9.59 Å². The number of nitrogens with zero attached hydrogens (tertiary/aromatic N) is 2. The largest absolute Gasteiger partial charge is 0.487 e. The number of halogens is 3. The van der Waals surface area contributed by atoms with E-state index in [2.05, 4.69) is 15.6 Å². The molecule has 0 unspecified atom stereocenters. The van der Waals surface area contributed by atoms with Crippen LogP contribution in [0.4, 0.5) is 16.2 Å². The van der Waals surface area contributed by atoms with Crippen LogP contribution in [-0.4, -0.2) is 24.0 Å². The van der Waals surface area contributed by atoms with Crippen LogP contribution < -0.4 is 20.3 Å². The van der Waals surface area contributed by atoms with Crippen molar-refractivity contribution in [1.29, 1.82) is 0 Å². The third kappa shape index (κ3) is 7.80. The lowest BCUT2D eigenvalue weighted by Crippen LogP contribution is -2.30. The number of benzene rings is 4. The van der Waals surface area contributed by atoms with E-state index < -0.39 is 0 Å². The number of amides is 3. The van der Waals surface area contributed by atoms with Crippen molar-refractivity contribution in [3.8, 4) is 5.75 Å². The van der Waals surface area contributed by atoms with Gasteiger partial charge >= 0.3 is 6.03 Å². The molecule has 7 nitrogen and oxygen atoms in total. The normalized spacial score (nSPS) is 10.5. The van der Waals surface area contributed by atoms with Crippen LogP contribution in [0.25, 0.3) is 10.9 Å². The summed E-state index contributed by atoms with van der Waals surface area (Å²) in [6, 6.07) is 29.5. The lowest BCUT2D eigenvalue weighted by atomic mass is 10.1. The van der Waals surface area contributed by atoms with Crippen LogP contribution >= 0.6 is 35.6 Å². The van der Waals surface area contributed by atoms with Crippen LogP contribution in [0.1, 0.15) is 22.4 Å². The Morgan fingerprint density at radius 1 is 0.886 bits per heavy atom. The predicted molar refractivity (Wildman–Crippen MR) is 180 cm³/mol. The lowest BCUT2D eigenvalue weighted by Gasteiger charge is -2.22. The van der Waals surface area contributed by atoms with E-state index in [0.717, 1.165) is 22.2 Å². The number of carbonyl (C=O) groups is 2. The number of pyridine rings is 1. The van der Waals surface area contributed by atoms with E-state index in [4.69, 9.17) is 27.9 Å². The summed E-state index contributed by atoms with van der Waals surface area (Å²) in [4.78, 5) is 32.1. The molecule has 3 amide bonds. The fourth-order valence-electron chi connectivity index (χ4n) is 4.62. The van der Waals surface area contributed by atoms with E-state index in [0.29, 0.717) is 44.8 Å². The van der Waals surface area contributed by atoms with Crippen molar-refractivity contribution in [2.75, 3.05) is 17.3 Å². The SMILES string of the molecule is Cc1ccc2cccc(OCc3c(Cl)ccc(N(C)C(=O)Cc4ccccc4NC(=O)NCc4ccccc4)c3Cl)c2n1.Cl. The monoisotopic (exact) mass is 648 g/mol. The second-order valence-electron chi connectivity index (χ2n) is 10.0. The van der Waals surface area contributed by atoms with Crippen molar-refractivity contribution in [1.82, 2.24) is 10.3 Å². The minimum absolute atomic E-state index is 0. The molecule has 5 aromatic rings. The van der Waals surface area contributed by atoms with Crippen LogP contribution in [-0.2, 0) is 24.4 Å². The summed E-state index contributed by atoms with van der Waals surface area (Å²) in [7, 11) is 1.65. The Labute approximate surface area is 272 Å². The molecule has 44 heavy (non-hydrogen) atoms. The third-order valence-electron chi connectivity index (χ3n) is 7.00. The Morgan fingerprint density at radius 2 is 1.64 bits per heavy atom. The van der Waals surface area contributed by atoms with Gasteiger partial charge in [-0.1, -0.05) is 89.9 Å². The number of aryl methyl sites for hydroxylation is 1. The van der Waals surface area contributed by atoms with Crippen molar-refractivity contribution in [3.05, 3.63) is 129 Å². The van der Waals surface area contributed by atoms with Gasteiger partial charge in [-0.15, -0.1) is 12.4 Å². The summed E-state index contributed by atoms with van der Waals surface area (Å²) >= 11 is 13.3. The van der Waals surface area contributed by atoms with Gasteiger partial charge in [0.25, 0.3) is 0 Å². The Bertz CT molecular complexity index is 1780. The number of hydrogen-bond donors (Lipinski definition) is 2. The maximum absolute atomic E-state index is 13.4. The molecule has 0 spiro atoms. The molecule has 0 bridgehead atoms. The van der Waals surface area contributed by atoms with Gasteiger partial charge in [-0.3, -0.25) is 4.79 Å². The van der Waals surface area contributed by atoms with Gasteiger partial charge < -0.3 is 20.3 Å². The number of urea groups is 1. The molecule has 4 aromatic carbocycles. The fourth-order valence-corrected chi connectivity index (χ4v) is 5.22. The summed E-state index contributed by atoms with van der Waals surface area (Å²) in [6.07, 6.45) is 0.0391. The Kier molecular flexibility index (Phi) is 11.1. The number of anilines is 2. The van der Waals surface area contributed by atoms with Crippen molar-refractivity contribution in [2.24, 2.45) is 0 Å². The van der Waals surface area contributed by atoms with E-state index in [-0.39, 0.29) is 37.4 Å². The molecule has 0 saturated carbocycles. The number of fused-ring (bicyclic) bond motifs is 1. The van der Waals surface area contributed by atoms with Crippen LogP contribution in [0, 0.1) is 6.92 Å². The number of likely N-dealkylation sites (N-methyl/N-ethyl adjacent to an activating group) is 1. The zero-order valence-corrected chi connectivity index (χ0v) is 26.5. The molecule has 1 aromatic heterocycles. The van der Waals surface area contributed by atoms with Crippen LogP contribution in [0.5, 0.6) is 5.75 Å². The number of carbonyl (C=O) groups excluding carboxylic acids is 2. The van der Waals surface area contributed by atoms with Crippen molar-refractivity contribution < 1.29 is 14.3 Å². The first-order chi connectivity index (χ1) is 20.8. The number of aromatic nitrogens is 1. The predicted octanol–water partition coefficient (Wildman–Crippen LogP) is 8.38. The molecule has 0 saturated heterocycles. The highest BCUT2D eigenvalue weighted by Gasteiger charge is 2.20. The maximum Gasteiger partial charge on any atom is 0.319 e. The standard InChI is InChI=1S/C34H30Cl2N4O3.ClH/c1-22-15-16-24-12-8-14-30(33(24)38-22)43-21-26-27(35)17-18-29(32(26)36)40(2)31(41)19-25-11-6-7-13-28(25)39-34(42)37-20-23-9-4-3-5-10-23;/h3-18H,19-21H2,1-2H3,(H2,37,39,42);1H. The number of rotatable bonds is 9. The molecule has 0 fully saturated rings. The highest BCUT2D eigenvalue weighted by Crippen LogP contribution is 2.35. The smallest absolute Gasteiger partial charge is 0.319 e. The summed E-state index contributed by atoms with van der Waals surface area (Å²) in [6.45, 7) is 2.40. The minimum atomic E-state index is -0.362. The molecule has 226 valence electrons. The first-order valence-electron chi connectivity index (χ1n) is 13.7. The summed E-state index contributed by atoms with van der Waals surface area (Å²) in [5.74, 6) is 0.392. The van der Waals surface area contributed by atoms with E-state index in [1.54, 1.807) is 37.4 Å². The average Bonchev–Trinajstić information content (AvgIpc) is 3.01. The summed E-state index contributed by atoms with van der Waals surface area (Å²) < 4.78 is 6.13. The molecule has 10 heteroatoms. The van der Waals surface area contributed by atoms with Crippen molar-refractivity contribution >= 4 is 69.8 Å².